The molecule has 0 spiro atoms. The number of rotatable bonds is 8. The van der Waals surface area contributed by atoms with Gasteiger partial charge in [-0.3, -0.25) is 4.79 Å². The van der Waals surface area contributed by atoms with E-state index in [0.717, 1.165) is 23.2 Å². The molecule has 5 heteroatoms. The lowest BCUT2D eigenvalue weighted by Crippen LogP contribution is -2.12. The van der Waals surface area contributed by atoms with E-state index in [1.807, 2.05) is 37.4 Å². The Labute approximate surface area is 160 Å². The number of hydrogen-bond acceptors (Lipinski definition) is 5. The molecule has 1 N–H and O–H groups in total. The van der Waals surface area contributed by atoms with E-state index in [1.165, 1.54) is 12.7 Å². The van der Waals surface area contributed by atoms with Gasteiger partial charge in [-0.1, -0.05) is 42.5 Å². The van der Waals surface area contributed by atoms with Gasteiger partial charge in [0.05, 0.1) is 20.1 Å². The summed E-state index contributed by atoms with van der Waals surface area (Å²) in [6, 6.07) is 16.1. The normalized spacial score (nSPS) is 11.1. The molecule has 2 aromatic rings. The maximum absolute atomic E-state index is 12.1. The molecular weight excluding hydrogens is 342 g/mol. The van der Waals surface area contributed by atoms with Crippen molar-refractivity contribution in [3.05, 3.63) is 65.2 Å². The second-order valence-electron chi connectivity index (χ2n) is 6.00. The van der Waals surface area contributed by atoms with Gasteiger partial charge < -0.3 is 14.8 Å². The monoisotopic (exact) mass is 367 g/mol. The van der Waals surface area contributed by atoms with Crippen LogP contribution >= 0.6 is 0 Å². The zero-order chi connectivity index (χ0) is 19.6. The number of nitrogens with one attached hydrogen (secondary N) is 1. The number of methoxy groups -OCH3 is 1. The second-order valence-corrected chi connectivity index (χ2v) is 6.00. The van der Waals surface area contributed by atoms with Gasteiger partial charge in [0.25, 0.3) is 0 Å². The first-order valence-electron chi connectivity index (χ1n) is 8.85. The van der Waals surface area contributed by atoms with E-state index in [1.54, 1.807) is 13.0 Å². The van der Waals surface area contributed by atoms with Crippen LogP contribution < -0.4 is 5.32 Å². The van der Waals surface area contributed by atoms with Crippen LogP contribution in [-0.4, -0.2) is 32.7 Å². The summed E-state index contributed by atoms with van der Waals surface area (Å²) in [6.07, 6.45) is 1.54. The Hall–Kier alpha value is -2.92. The highest BCUT2D eigenvalue weighted by Crippen LogP contribution is 2.22. The number of esters is 2. The van der Waals surface area contributed by atoms with E-state index in [2.05, 4.69) is 28.3 Å². The second kappa shape index (κ2) is 10.3. The molecule has 0 heterocycles. The third-order valence-electron chi connectivity index (χ3n) is 3.99. The van der Waals surface area contributed by atoms with Crippen LogP contribution in [-0.2, 0) is 25.6 Å². The van der Waals surface area contributed by atoms with E-state index in [4.69, 9.17) is 4.74 Å². The Kier molecular flexibility index (Phi) is 7.77. The predicted octanol–water partition coefficient (Wildman–Crippen LogP) is 3.58. The number of hydrogen-bond donors (Lipinski definition) is 1. The molecule has 0 aliphatic heterocycles. The van der Waals surface area contributed by atoms with Gasteiger partial charge in [0, 0.05) is 12.1 Å². The van der Waals surface area contributed by atoms with Gasteiger partial charge in [-0.15, -0.1) is 0 Å². The van der Waals surface area contributed by atoms with Gasteiger partial charge in [-0.2, -0.15) is 0 Å². The van der Waals surface area contributed by atoms with Crippen molar-refractivity contribution in [3.8, 4) is 11.1 Å². The van der Waals surface area contributed by atoms with Crippen molar-refractivity contribution in [1.29, 1.82) is 0 Å². The third-order valence-corrected chi connectivity index (χ3v) is 3.99. The molecule has 0 saturated heterocycles. The van der Waals surface area contributed by atoms with E-state index in [9.17, 15) is 9.59 Å². The van der Waals surface area contributed by atoms with Crippen molar-refractivity contribution in [2.45, 2.75) is 19.9 Å². The highest BCUT2D eigenvalue weighted by atomic mass is 16.5. The van der Waals surface area contributed by atoms with Gasteiger partial charge in [0.1, 0.15) is 0 Å². The molecule has 0 radical (unpaired) electrons. The van der Waals surface area contributed by atoms with Crippen molar-refractivity contribution in [2.24, 2.45) is 0 Å². The number of carbonyl (C=O) groups is 2. The average Bonchev–Trinajstić information content (AvgIpc) is 2.68. The smallest absolute Gasteiger partial charge is 0.334 e. The van der Waals surface area contributed by atoms with Gasteiger partial charge in [-0.25, -0.2) is 4.79 Å². The van der Waals surface area contributed by atoms with E-state index in [-0.39, 0.29) is 18.6 Å². The fourth-order valence-electron chi connectivity index (χ4n) is 2.67. The Morgan fingerprint density at radius 1 is 1.07 bits per heavy atom. The fraction of sp³-hybridized carbons (Fsp3) is 0.273. The Morgan fingerprint density at radius 3 is 2.44 bits per heavy atom. The van der Waals surface area contributed by atoms with Crippen molar-refractivity contribution in [2.75, 3.05) is 20.8 Å². The first kappa shape index (κ1) is 20.4. The fourth-order valence-corrected chi connectivity index (χ4v) is 2.67. The van der Waals surface area contributed by atoms with Crippen LogP contribution in [0, 0.1) is 0 Å². The number of ether oxygens (including phenoxy) is 2. The standard InChI is InChI=1S/C22H25NO4/c1-4-27-22(25)20(14-21(24)26-3)12-16-8-10-18(11-9-16)19-7-5-6-17(13-19)15-23-2/h5-13,23H,4,14-15H2,1-3H3. The van der Waals surface area contributed by atoms with E-state index in [0.29, 0.717) is 0 Å². The SMILES string of the molecule is CCOC(=O)C(=Cc1ccc(-c2cccc(CNC)c2)cc1)CC(=O)OC. The van der Waals surface area contributed by atoms with Gasteiger partial charge in [-0.05, 0) is 48.4 Å². The minimum absolute atomic E-state index is 0.122. The Balaban J connectivity index is 2.25. The van der Waals surface area contributed by atoms with Crippen LogP contribution in [0.25, 0.3) is 17.2 Å². The summed E-state index contributed by atoms with van der Waals surface area (Å²) in [5, 5.41) is 3.15. The molecule has 0 atom stereocenters. The molecule has 2 rings (SSSR count). The minimum atomic E-state index is -0.508. The van der Waals surface area contributed by atoms with E-state index < -0.39 is 11.9 Å². The zero-order valence-corrected chi connectivity index (χ0v) is 16.0. The molecule has 0 aliphatic rings. The summed E-state index contributed by atoms with van der Waals surface area (Å²) >= 11 is 0. The Bertz CT molecular complexity index is 809. The first-order valence-corrected chi connectivity index (χ1v) is 8.85. The maximum Gasteiger partial charge on any atom is 0.334 e. The lowest BCUT2D eigenvalue weighted by Gasteiger charge is -2.08. The summed E-state index contributed by atoms with van der Waals surface area (Å²) in [5.74, 6) is -0.987. The molecule has 0 aliphatic carbocycles. The molecule has 2 aromatic carbocycles. The first-order chi connectivity index (χ1) is 13.1. The molecule has 5 nitrogen and oxygen atoms in total. The van der Waals surface area contributed by atoms with Gasteiger partial charge >= 0.3 is 11.9 Å². The van der Waals surface area contributed by atoms with Crippen LogP contribution in [0.15, 0.2) is 54.1 Å². The molecule has 27 heavy (non-hydrogen) atoms. The Morgan fingerprint density at radius 2 is 1.81 bits per heavy atom. The molecule has 0 bridgehead atoms. The van der Waals surface area contributed by atoms with Crippen LogP contribution in [0.2, 0.25) is 0 Å². The molecule has 0 aromatic heterocycles. The highest BCUT2D eigenvalue weighted by Gasteiger charge is 2.15. The molecule has 142 valence electrons. The van der Waals surface area contributed by atoms with Gasteiger partial charge in [0.2, 0.25) is 0 Å². The quantitative estimate of drug-likeness (QED) is 0.571. The van der Waals surface area contributed by atoms with Crippen LogP contribution in [0.3, 0.4) is 0 Å². The molecule has 0 fully saturated rings. The summed E-state index contributed by atoms with van der Waals surface area (Å²) in [5.41, 5.74) is 4.50. The largest absolute Gasteiger partial charge is 0.469 e. The summed E-state index contributed by atoms with van der Waals surface area (Å²) in [4.78, 5) is 23.7. The third kappa shape index (κ3) is 6.08. The lowest BCUT2D eigenvalue weighted by molar-refractivity contribution is -0.144. The zero-order valence-electron chi connectivity index (χ0n) is 16.0. The van der Waals surface area contributed by atoms with Crippen molar-refractivity contribution >= 4 is 18.0 Å². The van der Waals surface area contributed by atoms with Crippen molar-refractivity contribution < 1.29 is 19.1 Å². The van der Waals surface area contributed by atoms with Crippen LogP contribution in [0.1, 0.15) is 24.5 Å². The maximum atomic E-state index is 12.1. The van der Waals surface area contributed by atoms with E-state index >= 15 is 0 Å². The van der Waals surface area contributed by atoms with Crippen molar-refractivity contribution in [1.82, 2.24) is 5.32 Å². The van der Waals surface area contributed by atoms with Crippen molar-refractivity contribution in [3.63, 3.8) is 0 Å². The topological polar surface area (TPSA) is 64.6 Å². The summed E-state index contributed by atoms with van der Waals surface area (Å²) in [7, 11) is 3.21. The lowest BCUT2D eigenvalue weighted by atomic mass is 10.0. The highest BCUT2D eigenvalue weighted by molar-refractivity contribution is 5.98. The number of benzene rings is 2. The molecule has 0 unspecified atom stereocenters. The molecular formula is C22H25NO4. The molecule has 0 saturated carbocycles. The van der Waals surface area contributed by atoms with Crippen LogP contribution in [0.5, 0.6) is 0 Å². The average molecular weight is 367 g/mol. The predicted molar refractivity (Wildman–Crippen MR) is 106 cm³/mol. The number of carbonyl (C=O) groups excluding carboxylic acids is 2. The minimum Gasteiger partial charge on any atom is -0.469 e. The molecule has 0 amide bonds. The van der Waals surface area contributed by atoms with Gasteiger partial charge in [0.15, 0.2) is 0 Å². The summed E-state index contributed by atoms with van der Waals surface area (Å²) < 4.78 is 9.69. The van der Waals surface area contributed by atoms with Crippen LogP contribution in [0.4, 0.5) is 0 Å². The summed E-state index contributed by atoms with van der Waals surface area (Å²) in [6.45, 7) is 2.79.